The van der Waals surface area contributed by atoms with E-state index in [1.165, 1.54) is 11.3 Å². The van der Waals surface area contributed by atoms with E-state index in [9.17, 15) is 9.59 Å². The lowest BCUT2D eigenvalue weighted by molar-refractivity contribution is 0.0840. The Labute approximate surface area is 108 Å². The zero-order valence-electron chi connectivity index (χ0n) is 9.93. The van der Waals surface area contributed by atoms with Crippen LogP contribution in [-0.4, -0.2) is 21.4 Å². The molecular weight excluding hydrogens is 252 g/mol. The third-order valence-corrected chi connectivity index (χ3v) is 3.09. The normalized spacial score (nSPS) is 10.1. The Morgan fingerprint density at radius 3 is 2.61 bits per heavy atom. The van der Waals surface area contributed by atoms with Crippen molar-refractivity contribution in [2.24, 2.45) is 7.05 Å². The van der Waals surface area contributed by atoms with Gasteiger partial charge in [0, 0.05) is 18.6 Å². The van der Waals surface area contributed by atoms with E-state index in [1.807, 2.05) is 6.92 Å². The first-order valence-corrected chi connectivity index (χ1v) is 6.10. The average Bonchev–Trinajstić information content (AvgIpc) is 2.94. The molecular formula is C11H12N4O2S. The molecule has 0 aromatic carbocycles. The first-order chi connectivity index (χ1) is 8.58. The van der Waals surface area contributed by atoms with Crippen molar-refractivity contribution in [1.29, 1.82) is 0 Å². The van der Waals surface area contributed by atoms with Crippen LogP contribution in [0.15, 0.2) is 23.7 Å². The van der Waals surface area contributed by atoms with E-state index in [4.69, 9.17) is 0 Å². The predicted molar refractivity (Wildman–Crippen MR) is 67.2 cm³/mol. The Morgan fingerprint density at radius 2 is 2.06 bits per heavy atom. The summed E-state index contributed by atoms with van der Waals surface area (Å²) in [6.07, 6.45) is 1.75. The first-order valence-electron chi connectivity index (χ1n) is 5.22. The maximum atomic E-state index is 11.7. The van der Waals surface area contributed by atoms with E-state index >= 15 is 0 Å². The summed E-state index contributed by atoms with van der Waals surface area (Å²) in [6.45, 7) is 1.81. The van der Waals surface area contributed by atoms with Gasteiger partial charge in [0.05, 0.1) is 5.01 Å². The second kappa shape index (κ2) is 5.01. The Hall–Kier alpha value is -2.15. The van der Waals surface area contributed by atoms with Gasteiger partial charge in [-0.1, -0.05) is 0 Å². The summed E-state index contributed by atoms with van der Waals surface area (Å²) in [7, 11) is 1.75. The third-order valence-electron chi connectivity index (χ3n) is 2.32. The molecule has 0 bridgehead atoms. The van der Waals surface area contributed by atoms with E-state index in [-0.39, 0.29) is 5.91 Å². The number of thiazole rings is 1. The van der Waals surface area contributed by atoms with Gasteiger partial charge in [-0.2, -0.15) is 0 Å². The zero-order valence-corrected chi connectivity index (χ0v) is 10.7. The quantitative estimate of drug-likeness (QED) is 0.790. The largest absolute Gasteiger partial charge is 0.347 e. The summed E-state index contributed by atoms with van der Waals surface area (Å²) in [5.74, 6) is -0.801. The number of nitrogens with one attached hydrogen (secondary N) is 2. The predicted octanol–water partition coefficient (Wildman–Crippen LogP) is 0.865. The molecule has 2 amide bonds. The fraction of sp³-hybridized carbons (Fsp3) is 0.182. The van der Waals surface area contributed by atoms with Gasteiger partial charge in [0.15, 0.2) is 0 Å². The van der Waals surface area contributed by atoms with Gasteiger partial charge < -0.3 is 4.57 Å². The monoisotopic (exact) mass is 264 g/mol. The SMILES string of the molecule is Cc1nc(C(=O)NNC(=O)c2cccn2C)cs1. The summed E-state index contributed by atoms with van der Waals surface area (Å²) in [5.41, 5.74) is 5.42. The summed E-state index contributed by atoms with van der Waals surface area (Å²) in [4.78, 5) is 27.4. The summed E-state index contributed by atoms with van der Waals surface area (Å²) in [5, 5.41) is 2.44. The lowest BCUT2D eigenvalue weighted by Gasteiger charge is -2.06. The number of nitrogens with zero attached hydrogens (tertiary/aromatic N) is 2. The van der Waals surface area contributed by atoms with Crippen molar-refractivity contribution in [2.45, 2.75) is 6.92 Å². The van der Waals surface area contributed by atoms with Crippen molar-refractivity contribution < 1.29 is 9.59 Å². The van der Waals surface area contributed by atoms with E-state index in [1.54, 1.807) is 35.3 Å². The number of carbonyl (C=O) groups is 2. The Bertz CT molecular complexity index is 587. The van der Waals surface area contributed by atoms with Crippen molar-refractivity contribution in [2.75, 3.05) is 0 Å². The van der Waals surface area contributed by atoms with Crippen LogP contribution in [0.25, 0.3) is 0 Å². The lowest BCUT2D eigenvalue weighted by Crippen LogP contribution is -2.42. The van der Waals surface area contributed by atoms with Gasteiger partial charge in [0.1, 0.15) is 11.4 Å². The van der Waals surface area contributed by atoms with Gasteiger partial charge in [-0.25, -0.2) is 4.98 Å². The summed E-state index contributed by atoms with van der Waals surface area (Å²) < 4.78 is 1.66. The van der Waals surface area contributed by atoms with Crippen molar-refractivity contribution in [1.82, 2.24) is 20.4 Å². The number of aromatic nitrogens is 2. The minimum Gasteiger partial charge on any atom is -0.347 e. The second-order valence-electron chi connectivity index (χ2n) is 3.66. The minimum absolute atomic E-state index is 0.296. The molecule has 0 spiro atoms. The van der Waals surface area contributed by atoms with Crippen LogP contribution < -0.4 is 10.9 Å². The molecule has 7 heteroatoms. The molecule has 2 aromatic heterocycles. The van der Waals surface area contributed by atoms with E-state index in [2.05, 4.69) is 15.8 Å². The highest BCUT2D eigenvalue weighted by molar-refractivity contribution is 7.09. The standard InChI is InChI=1S/C11H12N4O2S/c1-7-12-8(6-18-7)10(16)13-14-11(17)9-4-3-5-15(9)2/h3-6H,1-2H3,(H,13,16)(H,14,17). The Balaban J connectivity index is 1.94. The fourth-order valence-electron chi connectivity index (χ4n) is 1.41. The van der Waals surface area contributed by atoms with Gasteiger partial charge in [-0.15, -0.1) is 11.3 Å². The van der Waals surface area contributed by atoms with Crippen LogP contribution in [-0.2, 0) is 7.05 Å². The van der Waals surface area contributed by atoms with Crippen LogP contribution in [0.1, 0.15) is 26.0 Å². The molecule has 18 heavy (non-hydrogen) atoms. The molecule has 0 saturated heterocycles. The van der Waals surface area contributed by atoms with E-state index < -0.39 is 5.91 Å². The Morgan fingerprint density at radius 1 is 1.33 bits per heavy atom. The number of hydrogen-bond acceptors (Lipinski definition) is 4. The molecule has 2 N–H and O–H groups in total. The zero-order chi connectivity index (χ0) is 13.1. The first kappa shape index (κ1) is 12.3. The minimum atomic E-state index is -0.429. The van der Waals surface area contributed by atoms with Crippen molar-refractivity contribution in [3.63, 3.8) is 0 Å². The number of rotatable bonds is 2. The molecule has 0 aliphatic rings. The number of carbonyl (C=O) groups excluding carboxylic acids is 2. The lowest BCUT2D eigenvalue weighted by atomic mass is 10.4. The van der Waals surface area contributed by atoms with Crippen LogP contribution in [0.4, 0.5) is 0 Å². The maximum Gasteiger partial charge on any atom is 0.289 e. The summed E-state index contributed by atoms with van der Waals surface area (Å²) in [6, 6.07) is 3.41. The van der Waals surface area contributed by atoms with Crippen LogP contribution in [0.5, 0.6) is 0 Å². The third kappa shape index (κ3) is 2.57. The molecule has 2 heterocycles. The molecule has 94 valence electrons. The van der Waals surface area contributed by atoms with Gasteiger partial charge in [-0.05, 0) is 19.1 Å². The molecule has 0 aliphatic heterocycles. The van der Waals surface area contributed by atoms with Gasteiger partial charge in [-0.3, -0.25) is 20.4 Å². The molecule has 0 fully saturated rings. The molecule has 2 rings (SSSR count). The van der Waals surface area contributed by atoms with Crippen molar-refractivity contribution >= 4 is 23.2 Å². The van der Waals surface area contributed by atoms with Crippen LogP contribution in [0.2, 0.25) is 0 Å². The Kier molecular flexibility index (Phi) is 3.42. The molecule has 0 radical (unpaired) electrons. The van der Waals surface area contributed by atoms with Crippen LogP contribution in [0, 0.1) is 6.92 Å². The highest BCUT2D eigenvalue weighted by Gasteiger charge is 2.12. The van der Waals surface area contributed by atoms with Crippen molar-refractivity contribution in [3.8, 4) is 0 Å². The highest BCUT2D eigenvalue weighted by atomic mass is 32.1. The fourth-order valence-corrected chi connectivity index (χ4v) is 2.00. The molecule has 0 atom stereocenters. The van der Waals surface area contributed by atoms with Gasteiger partial charge >= 0.3 is 0 Å². The van der Waals surface area contributed by atoms with E-state index in [0.29, 0.717) is 11.4 Å². The molecule has 0 saturated carbocycles. The molecule has 2 aromatic rings. The number of aryl methyl sites for hydroxylation is 2. The van der Waals surface area contributed by atoms with E-state index in [0.717, 1.165) is 5.01 Å². The molecule has 6 nitrogen and oxygen atoms in total. The second-order valence-corrected chi connectivity index (χ2v) is 4.73. The highest BCUT2D eigenvalue weighted by Crippen LogP contribution is 2.07. The average molecular weight is 264 g/mol. The maximum absolute atomic E-state index is 11.7. The smallest absolute Gasteiger partial charge is 0.289 e. The number of hydrazine groups is 1. The molecule has 0 unspecified atom stereocenters. The summed E-state index contributed by atoms with van der Waals surface area (Å²) >= 11 is 1.38. The van der Waals surface area contributed by atoms with Gasteiger partial charge in [0.2, 0.25) is 0 Å². The molecule has 0 aliphatic carbocycles. The number of amides is 2. The van der Waals surface area contributed by atoms with Crippen LogP contribution in [0.3, 0.4) is 0 Å². The van der Waals surface area contributed by atoms with Crippen molar-refractivity contribution in [3.05, 3.63) is 40.1 Å². The van der Waals surface area contributed by atoms with Gasteiger partial charge in [0.25, 0.3) is 11.8 Å². The number of hydrogen-bond donors (Lipinski definition) is 2. The topological polar surface area (TPSA) is 76.0 Å². The van der Waals surface area contributed by atoms with Crippen LogP contribution >= 0.6 is 11.3 Å².